The largest absolute Gasteiger partial charge is 0.501 e. The molecule has 4 aromatic heterocycles. The number of nitrogens with zero attached hydrogens (tertiary/aromatic N) is 4. The second kappa shape index (κ2) is 12.1. The molecule has 4 aromatic carbocycles. The number of aryl methyl sites for hydroxylation is 2. The Bertz CT molecular complexity index is 2120. The number of hydrogen-bond donors (Lipinski definition) is 0. The molecule has 0 fully saturated rings. The van der Waals surface area contributed by atoms with Crippen LogP contribution in [0, 0.1) is 26.0 Å². The fourth-order valence-corrected chi connectivity index (χ4v) is 5.35. The molecule has 6 heteroatoms. The van der Waals surface area contributed by atoms with Crippen LogP contribution in [-0.4, -0.2) is 19.5 Å². The standard InChI is InChI=1S/C26H18N3O.C11H8N.Ir/c1-16-12-13-20(25-23(16)19-10-6-7-11-22(19)30-25)26-28-21-15-27-14-17(2)24(21)29(26)18-8-4-3-5-9-18;1-2-6-10(7-3-1)11-8-4-5-9-12-11;/h3-12,14-15H,1-2H3;1-6,8-9H;/q2*-1;. The van der Waals surface area contributed by atoms with E-state index in [1.165, 1.54) is 0 Å². The summed E-state index contributed by atoms with van der Waals surface area (Å²) in [5.74, 6) is 0.802. The molecule has 4 heterocycles. The molecule has 8 aromatic rings. The number of para-hydroxylation sites is 2. The smallest absolute Gasteiger partial charge is 0.120 e. The zero-order valence-corrected chi connectivity index (χ0v) is 26.0. The van der Waals surface area contributed by atoms with Gasteiger partial charge >= 0.3 is 0 Å². The zero-order valence-electron chi connectivity index (χ0n) is 23.6. The summed E-state index contributed by atoms with van der Waals surface area (Å²) >= 11 is 0. The first-order valence-electron chi connectivity index (χ1n) is 13.8. The van der Waals surface area contributed by atoms with Gasteiger partial charge in [0.15, 0.2) is 0 Å². The maximum absolute atomic E-state index is 6.34. The minimum atomic E-state index is 0. The van der Waals surface area contributed by atoms with Crippen molar-refractivity contribution in [1.82, 2.24) is 19.5 Å². The third kappa shape index (κ3) is 5.27. The van der Waals surface area contributed by atoms with Gasteiger partial charge in [-0.25, -0.2) is 0 Å². The van der Waals surface area contributed by atoms with Gasteiger partial charge in [-0.3, -0.25) is 9.97 Å². The average Bonchev–Trinajstić information content (AvgIpc) is 3.64. The van der Waals surface area contributed by atoms with Crippen LogP contribution < -0.4 is 0 Å². The van der Waals surface area contributed by atoms with E-state index in [9.17, 15) is 0 Å². The zero-order chi connectivity index (χ0) is 28.5. The van der Waals surface area contributed by atoms with Crippen LogP contribution in [0.2, 0.25) is 0 Å². The Morgan fingerprint density at radius 1 is 0.767 bits per heavy atom. The predicted molar refractivity (Wildman–Crippen MR) is 168 cm³/mol. The van der Waals surface area contributed by atoms with Gasteiger partial charge in [-0.05, 0) is 42.4 Å². The number of benzene rings is 4. The third-order valence-corrected chi connectivity index (χ3v) is 7.28. The molecule has 0 aliphatic heterocycles. The van der Waals surface area contributed by atoms with Crippen LogP contribution in [0.3, 0.4) is 0 Å². The summed E-state index contributed by atoms with van der Waals surface area (Å²) in [4.78, 5) is 13.6. The van der Waals surface area contributed by atoms with Crippen molar-refractivity contribution in [2.45, 2.75) is 13.8 Å². The van der Waals surface area contributed by atoms with Gasteiger partial charge in [-0.15, -0.1) is 53.6 Å². The van der Waals surface area contributed by atoms with E-state index in [1.54, 1.807) is 6.20 Å². The van der Waals surface area contributed by atoms with Crippen LogP contribution >= 0.6 is 0 Å². The Labute approximate surface area is 263 Å². The first kappa shape index (κ1) is 28.2. The molecule has 0 spiro atoms. The maximum Gasteiger partial charge on any atom is 0.120 e. The van der Waals surface area contributed by atoms with Gasteiger partial charge in [-0.2, -0.15) is 0 Å². The summed E-state index contributed by atoms with van der Waals surface area (Å²) in [5, 5.41) is 2.22. The van der Waals surface area contributed by atoms with Crippen LogP contribution in [0.4, 0.5) is 0 Å². The molecule has 0 aliphatic rings. The number of rotatable bonds is 3. The number of pyridine rings is 2. The molecule has 8 rings (SSSR count). The van der Waals surface area contributed by atoms with E-state index in [4.69, 9.17) is 9.40 Å². The third-order valence-electron chi connectivity index (χ3n) is 7.28. The molecule has 0 bridgehead atoms. The monoisotopic (exact) mass is 735 g/mol. The van der Waals surface area contributed by atoms with Gasteiger partial charge < -0.3 is 14.0 Å². The first-order valence-corrected chi connectivity index (χ1v) is 13.8. The molecule has 211 valence electrons. The summed E-state index contributed by atoms with van der Waals surface area (Å²) < 4.78 is 8.52. The Kier molecular flexibility index (Phi) is 7.97. The number of fused-ring (bicyclic) bond motifs is 4. The Balaban J connectivity index is 0.000000213. The van der Waals surface area contributed by atoms with Crippen molar-refractivity contribution in [2.75, 3.05) is 0 Å². The molecule has 5 nitrogen and oxygen atoms in total. The van der Waals surface area contributed by atoms with E-state index in [1.807, 2.05) is 97.3 Å². The fraction of sp³-hybridized carbons (Fsp3) is 0.0541. The van der Waals surface area contributed by atoms with Crippen molar-refractivity contribution >= 4 is 33.0 Å². The molecule has 0 N–H and O–H groups in total. The molecule has 43 heavy (non-hydrogen) atoms. The molecular formula is C37H26IrN4O-2. The van der Waals surface area contributed by atoms with Gasteiger partial charge in [0.05, 0.1) is 28.6 Å². The second-order valence-electron chi connectivity index (χ2n) is 10.1. The molecule has 0 saturated heterocycles. The van der Waals surface area contributed by atoms with Crippen LogP contribution in [0.15, 0.2) is 126 Å². The van der Waals surface area contributed by atoms with E-state index >= 15 is 0 Å². The Hall–Kier alpha value is -4.90. The quantitative estimate of drug-likeness (QED) is 0.170. The molecule has 0 aliphatic carbocycles. The molecular weight excluding hydrogens is 709 g/mol. The topological polar surface area (TPSA) is 56.7 Å². The van der Waals surface area contributed by atoms with Crippen molar-refractivity contribution in [1.29, 1.82) is 0 Å². The second-order valence-corrected chi connectivity index (χ2v) is 10.1. The number of aromatic nitrogens is 4. The van der Waals surface area contributed by atoms with Gasteiger partial charge in [0, 0.05) is 43.6 Å². The van der Waals surface area contributed by atoms with E-state index < -0.39 is 0 Å². The Morgan fingerprint density at radius 3 is 2.35 bits per heavy atom. The molecule has 0 unspecified atom stereocenters. The maximum atomic E-state index is 6.34. The predicted octanol–water partition coefficient (Wildman–Crippen LogP) is 8.95. The summed E-state index contributed by atoms with van der Waals surface area (Å²) in [7, 11) is 0. The minimum absolute atomic E-state index is 0. The van der Waals surface area contributed by atoms with Gasteiger partial charge in [-0.1, -0.05) is 66.4 Å². The normalized spacial score (nSPS) is 10.8. The fourth-order valence-electron chi connectivity index (χ4n) is 5.35. The van der Waals surface area contributed by atoms with Crippen molar-refractivity contribution in [3.63, 3.8) is 0 Å². The van der Waals surface area contributed by atoms with E-state index in [0.29, 0.717) is 0 Å². The minimum Gasteiger partial charge on any atom is -0.501 e. The summed E-state index contributed by atoms with van der Waals surface area (Å²) in [6, 6.07) is 40.7. The molecule has 0 amide bonds. The summed E-state index contributed by atoms with van der Waals surface area (Å²) in [5.41, 5.74) is 9.70. The van der Waals surface area contributed by atoms with Gasteiger partial charge in [0.25, 0.3) is 0 Å². The average molecular weight is 735 g/mol. The SMILES string of the molecule is Cc1c[c-]c(-c2nc3cncc(C)c3n2-c2ccccc2)c2oc3ccccc3c12.[Ir].[c-]1ccccc1-c1ccccn1. The summed E-state index contributed by atoms with van der Waals surface area (Å²) in [6.07, 6.45) is 5.48. The molecule has 1 radical (unpaired) electrons. The van der Waals surface area contributed by atoms with Crippen molar-refractivity contribution in [3.05, 3.63) is 145 Å². The number of hydrogen-bond acceptors (Lipinski definition) is 4. The van der Waals surface area contributed by atoms with Crippen molar-refractivity contribution < 1.29 is 24.5 Å². The molecule has 0 saturated carbocycles. The Morgan fingerprint density at radius 2 is 1.56 bits per heavy atom. The number of imidazole rings is 1. The van der Waals surface area contributed by atoms with Crippen LogP contribution in [0.5, 0.6) is 0 Å². The first-order chi connectivity index (χ1) is 20.7. The van der Waals surface area contributed by atoms with E-state index in [0.717, 1.165) is 72.4 Å². The van der Waals surface area contributed by atoms with E-state index in [-0.39, 0.29) is 20.1 Å². The van der Waals surface area contributed by atoms with Crippen molar-refractivity contribution in [3.8, 4) is 28.3 Å². The van der Waals surface area contributed by atoms with E-state index in [2.05, 4.69) is 58.7 Å². The van der Waals surface area contributed by atoms with Crippen LogP contribution in [0.25, 0.3) is 61.3 Å². The van der Waals surface area contributed by atoms with Gasteiger partial charge in [0.2, 0.25) is 0 Å². The molecule has 0 atom stereocenters. The van der Waals surface area contributed by atoms with Crippen LogP contribution in [-0.2, 0) is 20.1 Å². The number of furan rings is 1. The van der Waals surface area contributed by atoms with Crippen molar-refractivity contribution in [2.24, 2.45) is 0 Å². The summed E-state index contributed by atoms with van der Waals surface area (Å²) in [6.45, 7) is 4.16. The van der Waals surface area contributed by atoms with Crippen LogP contribution in [0.1, 0.15) is 11.1 Å². The van der Waals surface area contributed by atoms with Gasteiger partial charge in [0.1, 0.15) is 5.58 Å².